The smallest absolute Gasteiger partial charge is 0.243 e. The van der Waals surface area contributed by atoms with E-state index in [1.54, 1.807) is 36.4 Å². The summed E-state index contributed by atoms with van der Waals surface area (Å²) in [6, 6.07) is 20.0. The Morgan fingerprint density at radius 3 is 2.34 bits per heavy atom. The van der Waals surface area contributed by atoms with Crippen molar-refractivity contribution < 1.29 is 14.0 Å². The monoisotopic (exact) mass is 514 g/mol. The van der Waals surface area contributed by atoms with Crippen LogP contribution >= 0.6 is 23.2 Å². The van der Waals surface area contributed by atoms with Gasteiger partial charge in [-0.25, -0.2) is 4.39 Å². The molecule has 184 valence electrons. The van der Waals surface area contributed by atoms with E-state index >= 15 is 0 Å². The first-order valence-electron chi connectivity index (χ1n) is 11.7. The van der Waals surface area contributed by atoms with Gasteiger partial charge in [0.15, 0.2) is 0 Å². The molecule has 0 aliphatic rings. The van der Waals surface area contributed by atoms with Crippen LogP contribution in [0.25, 0.3) is 0 Å². The van der Waals surface area contributed by atoms with Gasteiger partial charge < -0.3 is 10.2 Å². The van der Waals surface area contributed by atoms with Crippen molar-refractivity contribution in [1.29, 1.82) is 0 Å². The molecule has 1 N–H and O–H groups in total. The Morgan fingerprint density at radius 2 is 1.66 bits per heavy atom. The van der Waals surface area contributed by atoms with Gasteiger partial charge in [0, 0.05) is 25.1 Å². The van der Waals surface area contributed by atoms with Crippen molar-refractivity contribution in [1.82, 2.24) is 10.2 Å². The van der Waals surface area contributed by atoms with Crippen LogP contribution in [0.15, 0.2) is 72.8 Å². The van der Waals surface area contributed by atoms with Gasteiger partial charge in [0.2, 0.25) is 11.8 Å². The molecule has 0 fully saturated rings. The largest absolute Gasteiger partial charge is 0.354 e. The van der Waals surface area contributed by atoms with Crippen molar-refractivity contribution in [2.75, 3.05) is 6.54 Å². The van der Waals surface area contributed by atoms with Gasteiger partial charge in [-0.1, -0.05) is 91.1 Å². The summed E-state index contributed by atoms with van der Waals surface area (Å²) in [6.45, 7) is 2.51. The second-order valence-electron chi connectivity index (χ2n) is 8.39. The normalized spacial score (nSPS) is 11.7. The van der Waals surface area contributed by atoms with E-state index in [4.69, 9.17) is 23.2 Å². The van der Waals surface area contributed by atoms with E-state index in [1.165, 1.54) is 11.0 Å². The predicted molar refractivity (Wildman–Crippen MR) is 139 cm³/mol. The number of carbonyl (C=O) groups excluding carboxylic acids is 2. The van der Waals surface area contributed by atoms with Gasteiger partial charge >= 0.3 is 0 Å². The lowest BCUT2D eigenvalue weighted by Gasteiger charge is -2.32. The van der Waals surface area contributed by atoms with Gasteiger partial charge in [-0.2, -0.15) is 0 Å². The van der Waals surface area contributed by atoms with Gasteiger partial charge in [-0.05, 0) is 35.7 Å². The fourth-order valence-corrected chi connectivity index (χ4v) is 4.12. The number of carbonyl (C=O) groups is 2. The second kappa shape index (κ2) is 13.3. The predicted octanol–water partition coefficient (Wildman–Crippen LogP) is 6.23. The number of hydrogen-bond donors (Lipinski definition) is 1. The highest BCUT2D eigenvalue weighted by atomic mass is 35.5. The van der Waals surface area contributed by atoms with E-state index in [9.17, 15) is 14.0 Å². The molecular weight excluding hydrogens is 486 g/mol. The minimum Gasteiger partial charge on any atom is -0.354 e. The van der Waals surface area contributed by atoms with Crippen LogP contribution in [-0.4, -0.2) is 29.3 Å². The molecule has 0 spiro atoms. The van der Waals surface area contributed by atoms with Gasteiger partial charge in [0.25, 0.3) is 0 Å². The van der Waals surface area contributed by atoms with Crippen LogP contribution in [-0.2, 0) is 29.0 Å². The Balaban J connectivity index is 1.96. The first-order valence-corrected chi connectivity index (χ1v) is 12.4. The molecule has 3 aromatic carbocycles. The number of unbranched alkanes of at least 4 members (excludes halogenated alkanes) is 1. The first-order chi connectivity index (χ1) is 16.9. The van der Waals surface area contributed by atoms with E-state index in [0.29, 0.717) is 34.1 Å². The average molecular weight is 515 g/mol. The molecule has 0 aliphatic carbocycles. The summed E-state index contributed by atoms with van der Waals surface area (Å²) in [6.07, 6.45) is 2.06. The summed E-state index contributed by atoms with van der Waals surface area (Å²) in [5.41, 5.74) is 1.91. The van der Waals surface area contributed by atoms with Gasteiger partial charge in [-0.15, -0.1) is 0 Å². The van der Waals surface area contributed by atoms with E-state index in [1.807, 2.05) is 37.3 Å². The molecule has 0 bridgehead atoms. The second-order valence-corrected chi connectivity index (χ2v) is 9.20. The van der Waals surface area contributed by atoms with Gasteiger partial charge in [0.1, 0.15) is 11.9 Å². The van der Waals surface area contributed by atoms with Crippen molar-refractivity contribution in [2.24, 2.45) is 0 Å². The highest BCUT2D eigenvalue weighted by Gasteiger charge is 2.31. The van der Waals surface area contributed by atoms with Crippen LogP contribution in [0.5, 0.6) is 0 Å². The Kier molecular flexibility index (Phi) is 10.1. The van der Waals surface area contributed by atoms with Crippen LogP contribution in [0.4, 0.5) is 4.39 Å². The highest BCUT2D eigenvalue weighted by molar-refractivity contribution is 6.42. The molecule has 0 heterocycles. The van der Waals surface area contributed by atoms with E-state index in [2.05, 4.69) is 5.32 Å². The molecule has 0 radical (unpaired) electrons. The summed E-state index contributed by atoms with van der Waals surface area (Å²) in [7, 11) is 0. The molecule has 35 heavy (non-hydrogen) atoms. The zero-order chi connectivity index (χ0) is 25.2. The molecule has 0 unspecified atom stereocenters. The molecule has 7 heteroatoms. The quantitative estimate of drug-likeness (QED) is 0.308. The number of halogens is 3. The van der Waals surface area contributed by atoms with Crippen LogP contribution in [0.1, 0.15) is 36.5 Å². The molecule has 0 aliphatic heterocycles. The average Bonchev–Trinajstić information content (AvgIpc) is 2.85. The Hall–Kier alpha value is -2.89. The third-order valence-corrected chi connectivity index (χ3v) is 6.48. The molecule has 3 aromatic rings. The fraction of sp³-hybridized carbons (Fsp3) is 0.286. The SMILES string of the molecule is CCCCNC(=O)[C@@H](Cc1ccccc1)N(Cc1ccccc1F)C(=O)Cc1ccc(Cl)c(Cl)c1. The summed E-state index contributed by atoms with van der Waals surface area (Å²) in [5.74, 6) is -0.996. The zero-order valence-electron chi connectivity index (χ0n) is 19.6. The van der Waals surface area contributed by atoms with Crippen LogP contribution in [0.2, 0.25) is 10.0 Å². The summed E-state index contributed by atoms with van der Waals surface area (Å²) >= 11 is 12.2. The number of rotatable bonds is 11. The number of hydrogen-bond acceptors (Lipinski definition) is 2. The Bertz CT molecular complexity index is 1140. The fourth-order valence-electron chi connectivity index (χ4n) is 3.80. The molecule has 0 aromatic heterocycles. The Labute approximate surface area is 216 Å². The topological polar surface area (TPSA) is 49.4 Å². The first kappa shape index (κ1) is 26.7. The molecular formula is C28H29Cl2FN2O2. The molecule has 0 saturated carbocycles. The summed E-state index contributed by atoms with van der Waals surface area (Å²) in [5, 5.41) is 3.69. The highest BCUT2D eigenvalue weighted by Crippen LogP contribution is 2.24. The molecule has 0 saturated heterocycles. The maximum Gasteiger partial charge on any atom is 0.243 e. The summed E-state index contributed by atoms with van der Waals surface area (Å²) in [4.78, 5) is 28.5. The maximum atomic E-state index is 14.6. The third kappa shape index (κ3) is 7.81. The maximum absolute atomic E-state index is 14.6. The zero-order valence-corrected chi connectivity index (χ0v) is 21.2. The number of amides is 2. The Morgan fingerprint density at radius 1 is 0.943 bits per heavy atom. The van der Waals surface area contributed by atoms with Crippen molar-refractivity contribution in [3.05, 3.63) is 105 Å². The number of nitrogens with zero attached hydrogens (tertiary/aromatic N) is 1. The van der Waals surface area contributed by atoms with Crippen molar-refractivity contribution >= 4 is 35.0 Å². The standard InChI is InChI=1S/C28H29Cl2FN2O2/c1-2-3-15-32-28(35)26(17-20-9-5-4-6-10-20)33(19-22-11-7-8-12-25(22)31)27(34)18-21-13-14-23(29)24(30)16-21/h4-14,16,26H,2-3,15,17-19H2,1H3,(H,32,35)/t26-/m1/s1. The van der Waals surface area contributed by atoms with E-state index in [-0.39, 0.29) is 24.8 Å². The number of nitrogens with one attached hydrogen (secondary N) is 1. The summed E-state index contributed by atoms with van der Waals surface area (Å²) < 4.78 is 14.6. The molecule has 1 atom stereocenters. The number of benzene rings is 3. The van der Waals surface area contributed by atoms with Gasteiger partial charge in [-0.3, -0.25) is 9.59 Å². The molecule has 4 nitrogen and oxygen atoms in total. The molecule has 2 amide bonds. The lowest BCUT2D eigenvalue weighted by atomic mass is 10.0. The minimum atomic E-state index is -0.816. The third-order valence-electron chi connectivity index (χ3n) is 5.74. The van der Waals surface area contributed by atoms with E-state index < -0.39 is 11.9 Å². The van der Waals surface area contributed by atoms with Crippen molar-refractivity contribution in [3.63, 3.8) is 0 Å². The van der Waals surface area contributed by atoms with E-state index in [0.717, 1.165) is 18.4 Å². The van der Waals surface area contributed by atoms with Crippen LogP contribution < -0.4 is 5.32 Å². The lowest BCUT2D eigenvalue weighted by Crippen LogP contribution is -2.51. The van der Waals surface area contributed by atoms with Gasteiger partial charge in [0.05, 0.1) is 16.5 Å². The van der Waals surface area contributed by atoms with Crippen LogP contribution in [0, 0.1) is 5.82 Å². The molecule has 3 rings (SSSR count). The van der Waals surface area contributed by atoms with Crippen molar-refractivity contribution in [3.8, 4) is 0 Å². The minimum absolute atomic E-state index is 0.00112. The van der Waals surface area contributed by atoms with Crippen LogP contribution in [0.3, 0.4) is 0 Å². The van der Waals surface area contributed by atoms with Crippen molar-refractivity contribution in [2.45, 2.75) is 45.2 Å². The lowest BCUT2D eigenvalue weighted by molar-refractivity contribution is -0.140.